The summed E-state index contributed by atoms with van der Waals surface area (Å²) in [5, 5.41) is 7.29. The third kappa shape index (κ3) is 6.21. The van der Waals surface area contributed by atoms with Gasteiger partial charge in [0.2, 0.25) is 5.78 Å². The Morgan fingerprint density at radius 3 is 2.50 bits per heavy atom. The van der Waals surface area contributed by atoms with E-state index in [1.165, 1.54) is 0 Å². The highest BCUT2D eigenvalue weighted by Gasteiger charge is 2.27. The van der Waals surface area contributed by atoms with Crippen LogP contribution in [0.5, 0.6) is 0 Å². The molecule has 1 saturated heterocycles. The second kappa shape index (κ2) is 11.2. The highest BCUT2D eigenvalue weighted by atomic mass is 16.5. The maximum Gasteiger partial charge on any atom is 0.287 e. The van der Waals surface area contributed by atoms with E-state index in [-0.39, 0.29) is 24.2 Å². The highest BCUT2D eigenvalue weighted by Crippen LogP contribution is 2.16. The maximum absolute atomic E-state index is 13.2. The number of rotatable bonds is 9. The van der Waals surface area contributed by atoms with Gasteiger partial charge in [0.15, 0.2) is 5.82 Å². The molecule has 3 aromatic rings. The summed E-state index contributed by atoms with van der Waals surface area (Å²) in [4.78, 5) is 44.0. The van der Waals surface area contributed by atoms with Gasteiger partial charge >= 0.3 is 0 Å². The Balaban J connectivity index is 1.52. The fourth-order valence-electron chi connectivity index (χ4n) is 4.43. The van der Waals surface area contributed by atoms with Crippen molar-refractivity contribution in [3.05, 3.63) is 77.7 Å². The number of pyridine rings is 1. The van der Waals surface area contributed by atoms with Crippen molar-refractivity contribution < 1.29 is 19.1 Å². The number of benzene rings is 1. The molecule has 188 valence electrons. The quantitative estimate of drug-likeness (QED) is 0.432. The van der Waals surface area contributed by atoms with Gasteiger partial charge in [-0.25, -0.2) is 9.67 Å². The number of nitrogens with two attached hydrogens (primary N) is 1. The predicted octanol–water partition coefficient (Wildman–Crippen LogP) is 1.27. The van der Waals surface area contributed by atoms with Crippen LogP contribution in [0.2, 0.25) is 0 Å². The zero-order valence-electron chi connectivity index (χ0n) is 20.3. The third-order valence-electron chi connectivity index (χ3n) is 5.92. The van der Waals surface area contributed by atoms with Gasteiger partial charge < -0.3 is 15.8 Å². The number of amides is 2. The molecule has 4 rings (SSSR count). The molecule has 0 radical (unpaired) electrons. The van der Waals surface area contributed by atoms with E-state index in [1.807, 2.05) is 50.2 Å². The SMILES string of the molecule is CC1CN(Cc2ccn(-c3ncccc3C(=O)NC(Cc3ccccc3)C(=O)C(N)=O)n2)CC(C)O1. The van der Waals surface area contributed by atoms with Crippen molar-refractivity contribution in [2.75, 3.05) is 13.1 Å². The van der Waals surface area contributed by atoms with Crippen molar-refractivity contribution in [1.29, 1.82) is 0 Å². The Hall–Kier alpha value is -3.89. The minimum atomic E-state index is -1.11. The van der Waals surface area contributed by atoms with Gasteiger partial charge in [-0.15, -0.1) is 0 Å². The van der Waals surface area contributed by atoms with E-state index in [0.29, 0.717) is 12.4 Å². The summed E-state index contributed by atoms with van der Waals surface area (Å²) in [6, 6.07) is 13.1. The van der Waals surface area contributed by atoms with E-state index < -0.39 is 23.6 Å². The average molecular weight is 491 g/mol. The number of ketones is 1. The monoisotopic (exact) mass is 490 g/mol. The lowest BCUT2D eigenvalue weighted by atomic mass is 10.0. The lowest BCUT2D eigenvalue weighted by Crippen LogP contribution is -2.47. The van der Waals surface area contributed by atoms with Gasteiger partial charge in [-0.05, 0) is 37.6 Å². The van der Waals surface area contributed by atoms with E-state index in [2.05, 4.69) is 20.3 Å². The first kappa shape index (κ1) is 25.2. The van der Waals surface area contributed by atoms with Crippen molar-refractivity contribution in [3.63, 3.8) is 0 Å². The molecule has 2 aromatic heterocycles. The van der Waals surface area contributed by atoms with Gasteiger partial charge in [-0.3, -0.25) is 19.3 Å². The van der Waals surface area contributed by atoms with E-state index >= 15 is 0 Å². The first-order valence-corrected chi connectivity index (χ1v) is 11.9. The molecule has 1 aromatic carbocycles. The molecule has 0 bridgehead atoms. The molecule has 3 atom stereocenters. The third-order valence-corrected chi connectivity index (χ3v) is 5.92. The van der Waals surface area contributed by atoms with Crippen LogP contribution in [-0.4, -0.2) is 68.6 Å². The number of nitrogens with zero attached hydrogens (tertiary/aromatic N) is 4. The molecule has 3 N–H and O–H groups in total. The normalized spacial score (nSPS) is 18.9. The van der Waals surface area contributed by atoms with Gasteiger partial charge in [0, 0.05) is 38.4 Å². The summed E-state index contributed by atoms with van der Waals surface area (Å²) in [6.07, 6.45) is 3.74. The lowest BCUT2D eigenvalue weighted by molar-refractivity contribution is -0.137. The summed E-state index contributed by atoms with van der Waals surface area (Å²) in [5.41, 5.74) is 7.08. The van der Waals surface area contributed by atoms with Crippen LogP contribution in [0.4, 0.5) is 0 Å². The van der Waals surface area contributed by atoms with Crippen LogP contribution in [0.15, 0.2) is 60.9 Å². The first-order chi connectivity index (χ1) is 17.3. The Bertz CT molecular complexity index is 1220. The Labute approximate surface area is 209 Å². The second-order valence-electron chi connectivity index (χ2n) is 9.02. The van der Waals surface area contributed by atoms with Crippen LogP contribution in [0.3, 0.4) is 0 Å². The number of carbonyl (C=O) groups is 3. The summed E-state index contributed by atoms with van der Waals surface area (Å²) >= 11 is 0. The minimum Gasteiger partial charge on any atom is -0.373 e. The fraction of sp³-hybridized carbons (Fsp3) is 0.346. The van der Waals surface area contributed by atoms with Gasteiger partial charge in [0.25, 0.3) is 11.8 Å². The maximum atomic E-state index is 13.2. The molecular weight excluding hydrogens is 460 g/mol. The van der Waals surface area contributed by atoms with Gasteiger partial charge in [-0.1, -0.05) is 30.3 Å². The molecule has 3 heterocycles. The number of primary amides is 1. The van der Waals surface area contributed by atoms with Crippen molar-refractivity contribution in [2.24, 2.45) is 5.73 Å². The summed E-state index contributed by atoms with van der Waals surface area (Å²) in [6.45, 7) is 6.37. The number of aromatic nitrogens is 3. The van der Waals surface area contributed by atoms with Crippen LogP contribution in [-0.2, 0) is 27.3 Å². The summed E-state index contributed by atoms with van der Waals surface area (Å²) < 4.78 is 7.34. The molecule has 10 nitrogen and oxygen atoms in total. The van der Waals surface area contributed by atoms with E-state index in [4.69, 9.17) is 10.5 Å². The molecule has 0 spiro atoms. The largest absolute Gasteiger partial charge is 0.373 e. The molecule has 3 unspecified atom stereocenters. The standard InChI is InChI=1S/C26H30N6O4/c1-17-14-31(15-18(2)36-17)16-20-10-12-32(30-20)25-21(9-6-11-28-25)26(35)29-22(23(33)24(27)34)13-19-7-4-3-5-8-19/h3-12,17-18,22H,13-16H2,1-2H3,(H2,27,34)(H,29,35). The van der Waals surface area contributed by atoms with Gasteiger partial charge in [0.05, 0.1) is 23.5 Å². The van der Waals surface area contributed by atoms with Crippen molar-refractivity contribution in [2.45, 2.75) is 45.1 Å². The van der Waals surface area contributed by atoms with Crippen molar-refractivity contribution in [1.82, 2.24) is 25.0 Å². The first-order valence-electron chi connectivity index (χ1n) is 11.9. The van der Waals surface area contributed by atoms with E-state index in [0.717, 1.165) is 24.3 Å². The Kier molecular flexibility index (Phi) is 7.87. The fourth-order valence-corrected chi connectivity index (χ4v) is 4.43. The molecular formula is C26H30N6O4. The Morgan fingerprint density at radius 1 is 1.08 bits per heavy atom. The molecule has 10 heteroatoms. The zero-order chi connectivity index (χ0) is 25.7. The van der Waals surface area contributed by atoms with Crippen LogP contribution in [0.25, 0.3) is 5.82 Å². The van der Waals surface area contributed by atoms with Crippen molar-refractivity contribution >= 4 is 17.6 Å². The number of carbonyl (C=O) groups excluding carboxylic acids is 3. The van der Waals surface area contributed by atoms with E-state index in [1.54, 1.807) is 29.2 Å². The van der Waals surface area contributed by atoms with Crippen LogP contribution in [0.1, 0.15) is 35.5 Å². The highest BCUT2D eigenvalue weighted by molar-refractivity contribution is 6.38. The van der Waals surface area contributed by atoms with Crippen LogP contribution < -0.4 is 11.1 Å². The zero-order valence-corrected chi connectivity index (χ0v) is 20.3. The number of hydrogen-bond donors (Lipinski definition) is 2. The lowest BCUT2D eigenvalue weighted by Gasteiger charge is -2.34. The summed E-state index contributed by atoms with van der Waals surface area (Å²) in [7, 11) is 0. The number of ether oxygens (including phenoxy) is 1. The molecule has 1 aliphatic rings. The summed E-state index contributed by atoms with van der Waals surface area (Å²) in [5.74, 6) is -2.21. The minimum absolute atomic E-state index is 0.131. The van der Waals surface area contributed by atoms with Gasteiger partial charge in [0.1, 0.15) is 6.04 Å². The van der Waals surface area contributed by atoms with Crippen LogP contribution in [0, 0.1) is 0 Å². The predicted molar refractivity (Wildman–Crippen MR) is 132 cm³/mol. The molecule has 1 fully saturated rings. The average Bonchev–Trinajstić information content (AvgIpc) is 3.31. The van der Waals surface area contributed by atoms with Crippen LogP contribution >= 0.6 is 0 Å². The molecule has 36 heavy (non-hydrogen) atoms. The molecule has 1 aliphatic heterocycles. The van der Waals surface area contributed by atoms with Gasteiger partial charge in [-0.2, -0.15) is 5.10 Å². The molecule has 0 aliphatic carbocycles. The van der Waals surface area contributed by atoms with E-state index in [9.17, 15) is 14.4 Å². The number of morpholine rings is 1. The topological polar surface area (TPSA) is 132 Å². The molecule has 0 saturated carbocycles. The number of nitrogens with one attached hydrogen (secondary N) is 1. The van der Waals surface area contributed by atoms with Crippen molar-refractivity contribution in [3.8, 4) is 5.82 Å². The number of hydrogen-bond acceptors (Lipinski definition) is 7. The smallest absolute Gasteiger partial charge is 0.287 e. The molecule has 2 amide bonds. The second-order valence-corrected chi connectivity index (χ2v) is 9.02. The number of Topliss-reactive ketones (excluding diaryl/α,β-unsaturated/α-hetero) is 1. The Morgan fingerprint density at radius 2 is 1.81 bits per heavy atom.